The normalized spacial score (nSPS) is 10.6. The lowest BCUT2D eigenvalue weighted by molar-refractivity contribution is 0.356. The van der Waals surface area contributed by atoms with Crippen LogP contribution in [0.2, 0.25) is 0 Å². The molecule has 0 saturated heterocycles. The van der Waals surface area contributed by atoms with Crippen molar-refractivity contribution in [3.05, 3.63) is 54.6 Å². The number of fused-ring (bicyclic) bond motifs is 1. The molecule has 1 radical (unpaired) electrons. The number of benzene rings is 3. The SMILES string of the molecule is COc1cccc(-c2ccc([O])c3ccccc23)c1OC. The smallest absolute Gasteiger partial charge is 0.186 e. The summed E-state index contributed by atoms with van der Waals surface area (Å²) in [6.45, 7) is 0. The van der Waals surface area contributed by atoms with E-state index >= 15 is 0 Å². The Morgan fingerprint density at radius 1 is 0.714 bits per heavy atom. The van der Waals surface area contributed by atoms with Gasteiger partial charge in [0.1, 0.15) is 0 Å². The minimum Gasteiger partial charge on any atom is -0.493 e. The summed E-state index contributed by atoms with van der Waals surface area (Å²) < 4.78 is 10.8. The highest BCUT2D eigenvalue weighted by Gasteiger charge is 2.14. The van der Waals surface area contributed by atoms with Crippen LogP contribution in [0.15, 0.2) is 54.6 Å². The van der Waals surface area contributed by atoms with Crippen LogP contribution in [0.5, 0.6) is 17.2 Å². The lowest BCUT2D eigenvalue weighted by Crippen LogP contribution is -1.93. The molecule has 0 aromatic heterocycles. The van der Waals surface area contributed by atoms with Gasteiger partial charge in [-0.15, -0.1) is 0 Å². The van der Waals surface area contributed by atoms with Crippen molar-refractivity contribution in [2.75, 3.05) is 14.2 Å². The quantitative estimate of drug-likeness (QED) is 0.699. The molecule has 0 aliphatic heterocycles. The van der Waals surface area contributed by atoms with Crippen LogP contribution < -0.4 is 9.47 Å². The Hall–Kier alpha value is -2.68. The van der Waals surface area contributed by atoms with E-state index in [1.54, 1.807) is 20.3 Å². The van der Waals surface area contributed by atoms with Gasteiger partial charge in [-0.1, -0.05) is 36.4 Å². The second kappa shape index (κ2) is 5.37. The Bertz CT molecular complexity index is 794. The zero-order valence-corrected chi connectivity index (χ0v) is 11.9. The fourth-order valence-electron chi connectivity index (χ4n) is 2.61. The van der Waals surface area contributed by atoms with Crippen LogP contribution in [-0.4, -0.2) is 14.2 Å². The minimum atomic E-state index is 0.0243. The fourth-order valence-corrected chi connectivity index (χ4v) is 2.61. The van der Waals surface area contributed by atoms with Gasteiger partial charge in [-0.2, -0.15) is 0 Å². The molecule has 21 heavy (non-hydrogen) atoms. The molecule has 3 rings (SSSR count). The molecule has 0 saturated carbocycles. The fraction of sp³-hybridized carbons (Fsp3) is 0.111. The van der Waals surface area contributed by atoms with Crippen molar-refractivity contribution in [2.24, 2.45) is 0 Å². The number of rotatable bonds is 3. The molecule has 0 aliphatic rings. The van der Waals surface area contributed by atoms with Gasteiger partial charge in [-0.05, 0) is 29.1 Å². The second-order valence-electron chi connectivity index (χ2n) is 4.70. The predicted octanol–water partition coefficient (Wildman–Crippen LogP) is 4.67. The molecule has 0 fully saturated rings. The number of ether oxygens (including phenoxy) is 2. The van der Waals surface area contributed by atoms with Gasteiger partial charge in [0.15, 0.2) is 17.2 Å². The topological polar surface area (TPSA) is 38.4 Å². The van der Waals surface area contributed by atoms with Gasteiger partial charge >= 0.3 is 0 Å². The molecular weight excluding hydrogens is 264 g/mol. The van der Waals surface area contributed by atoms with E-state index in [0.717, 1.165) is 16.5 Å². The third-order valence-corrected chi connectivity index (χ3v) is 3.58. The molecule has 0 spiro atoms. The van der Waals surface area contributed by atoms with Gasteiger partial charge in [0.25, 0.3) is 0 Å². The van der Waals surface area contributed by atoms with Crippen molar-refractivity contribution in [1.29, 1.82) is 0 Å². The summed E-state index contributed by atoms with van der Waals surface area (Å²) in [7, 11) is 3.23. The highest BCUT2D eigenvalue weighted by molar-refractivity contribution is 6.01. The van der Waals surface area contributed by atoms with Crippen LogP contribution in [0.3, 0.4) is 0 Å². The number of methoxy groups -OCH3 is 2. The van der Waals surface area contributed by atoms with Crippen LogP contribution in [0.25, 0.3) is 21.9 Å². The molecule has 0 heterocycles. The van der Waals surface area contributed by atoms with Gasteiger partial charge in [0, 0.05) is 10.9 Å². The summed E-state index contributed by atoms with van der Waals surface area (Å²) in [5.41, 5.74) is 1.87. The van der Waals surface area contributed by atoms with Crippen LogP contribution in [0.4, 0.5) is 0 Å². The van der Waals surface area contributed by atoms with Gasteiger partial charge in [0.2, 0.25) is 0 Å². The van der Waals surface area contributed by atoms with Crippen molar-refractivity contribution < 1.29 is 14.6 Å². The monoisotopic (exact) mass is 279 g/mol. The average molecular weight is 279 g/mol. The molecule has 3 aromatic carbocycles. The molecule has 3 aromatic rings. The lowest BCUT2D eigenvalue weighted by Gasteiger charge is -2.14. The Kier molecular flexibility index (Phi) is 3.40. The maximum atomic E-state index is 12.0. The Labute approximate surface area is 123 Å². The number of para-hydroxylation sites is 1. The van der Waals surface area contributed by atoms with E-state index in [2.05, 4.69) is 0 Å². The molecule has 3 heteroatoms. The molecule has 0 N–H and O–H groups in total. The largest absolute Gasteiger partial charge is 0.493 e. The van der Waals surface area contributed by atoms with Crippen LogP contribution in [0.1, 0.15) is 0 Å². The van der Waals surface area contributed by atoms with E-state index in [4.69, 9.17) is 9.47 Å². The molecule has 0 unspecified atom stereocenters. The second-order valence-corrected chi connectivity index (χ2v) is 4.70. The van der Waals surface area contributed by atoms with Gasteiger partial charge < -0.3 is 9.47 Å². The molecule has 0 atom stereocenters. The van der Waals surface area contributed by atoms with Crippen LogP contribution in [0, 0.1) is 0 Å². The summed E-state index contributed by atoms with van der Waals surface area (Å²) in [5, 5.41) is 13.6. The molecule has 3 nitrogen and oxygen atoms in total. The van der Waals surface area contributed by atoms with E-state index in [-0.39, 0.29) is 5.75 Å². The minimum absolute atomic E-state index is 0.0243. The standard InChI is InChI=1S/C18H15O3/c1-20-17-9-5-8-15(18(17)21-2)13-10-11-16(19)14-7-4-3-6-12(13)14/h3-11H,1-2H3. The summed E-state index contributed by atoms with van der Waals surface area (Å²) in [5.74, 6) is 1.37. The molecule has 0 amide bonds. The van der Waals surface area contributed by atoms with Crippen molar-refractivity contribution in [3.8, 4) is 28.4 Å². The molecule has 0 bridgehead atoms. The van der Waals surface area contributed by atoms with E-state index < -0.39 is 0 Å². The van der Waals surface area contributed by atoms with Gasteiger partial charge in [-0.3, -0.25) is 5.11 Å². The third-order valence-electron chi connectivity index (χ3n) is 3.58. The zero-order valence-electron chi connectivity index (χ0n) is 11.9. The first-order chi connectivity index (χ1) is 10.3. The van der Waals surface area contributed by atoms with E-state index in [9.17, 15) is 5.11 Å². The van der Waals surface area contributed by atoms with Crippen molar-refractivity contribution >= 4 is 10.8 Å². The number of hydrogen-bond donors (Lipinski definition) is 0. The maximum absolute atomic E-state index is 12.0. The average Bonchev–Trinajstić information content (AvgIpc) is 2.54. The Morgan fingerprint density at radius 3 is 2.19 bits per heavy atom. The van der Waals surface area contributed by atoms with E-state index in [0.29, 0.717) is 16.9 Å². The Balaban J connectivity index is 2.34. The van der Waals surface area contributed by atoms with Crippen LogP contribution >= 0.6 is 0 Å². The lowest BCUT2D eigenvalue weighted by atomic mass is 9.97. The van der Waals surface area contributed by atoms with Crippen molar-refractivity contribution in [2.45, 2.75) is 0 Å². The van der Waals surface area contributed by atoms with Crippen molar-refractivity contribution in [1.82, 2.24) is 0 Å². The predicted molar refractivity (Wildman–Crippen MR) is 82.6 cm³/mol. The molecule has 0 aliphatic carbocycles. The first-order valence-electron chi connectivity index (χ1n) is 6.66. The van der Waals surface area contributed by atoms with E-state index in [1.165, 1.54) is 0 Å². The molecule has 105 valence electrons. The third kappa shape index (κ3) is 2.17. The van der Waals surface area contributed by atoms with Gasteiger partial charge in [0.05, 0.1) is 14.2 Å². The van der Waals surface area contributed by atoms with E-state index in [1.807, 2.05) is 48.5 Å². The maximum Gasteiger partial charge on any atom is 0.186 e. The molecular formula is C18H15O3. The summed E-state index contributed by atoms with van der Waals surface area (Å²) in [4.78, 5) is 0. The first-order valence-corrected chi connectivity index (χ1v) is 6.66. The summed E-state index contributed by atoms with van der Waals surface area (Å²) in [6, 6.07) is 16.8. The zero-order chi connectivity index (χ0) is 14.8. The summed E-state index contributed by atoms with van der Waals surface area (Å²) in [6.07, 6.45) is 0. The Morgan fingerprint density at radius 2 is 1.48 bits per heavy atom. The highest BCUT2D eigenvalue weighted by atomic mass is 16.5. The van der Waals surface area contributed by atoms with Crippen LogP contribution in [-0.2, 0) is 5.11 Å². The van der Waals surface area contributed by atoms with Crippen molar-refractivity contribution in [3.63, 3.8) is 0 Å². The first kappa shape index (κ1) is 13.3. The summed E-state index contributed by atoms with van der Waals surface area (Å²) >= 11 is 0. The van der Waals surface area contributed by atoms with Gasteiger partial charge in [-0.25, -0.2) is 0 Å². The number of hydrogen-bond acceptors (Lipinski definition) is 2. The highest BCUT2D eigenvalue weighted by Crippen LogP contribution is 2.42.